The van der Waals surface area contributed by atoms with Crippen molar-refractivity contribution in [2.45, 2.75) is 11.4 Å². The maximum Gasteiger partial charge on any atom is 0.353 e. The van der Waals surface area contributed by atoms with Gasteiger partial charge in [0.15, 0.2) is 10.8 Å². The number of aromatic nitrogens is 1. The van der Waals surface area contributed by atoms with Gasteiger partial charge in [-0.3, -0.25) is 14.5 Å². The molecule has 3 heterocycles. The van der Waals surface area contributed by atoms with E-state index >= 15 is 0 Å². The van der Waals surface area contributed by atoms with E-state index in [9.17, 15) is 24.3 Å². The van der Waals surface area contributed by atoms with Gasteiger partial charge in [0.2, 0.25) is 6.61 Å². The first-order valence-corrected chi connectivity index (χ1v) is 11.3. The molecule has 1 aromatic rings. The number of β-lactam (4-membered cyclic amide) rings is 1. The van der Waals surface area contributed by atoms with Crippen molar-refractivity contribution in [3.05, 3.63) is 21.7 Å². The third-order valence-electron chi connectivity index (χ3n) is 3.99. The highest BCUT2D eigenvalue weighted by Crippen LogP contribution is 2.42. The van der Waals surface area contributed by atoms with Crippen LogP contribution in [0.4, 0.5) is 5.13 Å². The number of fused-ring (bicyclic) bond motifs is 1. The second-order valence-electron chi connectivity index (χ2n) is 5.82. The minimum atomic E-state index is -1.29. The van der Waals surface area contributed by atoms with Crippen molar-refractivity contribution in [3.63, 3.8) is 0 Å². The monoisotopic (exact) mass is 509 g/mol. The molecule has 0 bridgehead atoms. The molecule has 2 aliphatic heterocycles. The Morgan fingerprint density at radius 2 is 2.16 bits per heavy atom. The van der Waals surface area contributed by atoms with E-state index < -0.39 is 41.8 Å². The van der Waals surface area contributed by atoms with Crippen LogP contribution in [0.2, 0.25) is 0 Å². The average Bonchev–Trinajstić information content (AvgIpc) is 3.13. The SMILES string of the molecule is CSC1=C(C(=O)O)N2C(=O)C(NC(=O)/C(=N/OCC(=O)O)c3csc(N)n3)[C@H]2SC1.Cl. The van der Waals surface area contributed by atoms with Crippen molar-refractivity contribution >= 4 is 81.9 Å². The maximum atomic E-state index is 12.7. The van der Waals surface area contributed by atoms with Crippen molar-refractivity contribution in [1.29, 1.82) is 0 Å². The highest BCUT2D eigenvalue weighted by Gasteiger charge is 2.54. The molecule has 1 unspecified atom stereocenters. The van der Waals surface area contributed by atoms with Crippen LogP contribution in [-0.2, 0) is 24.0 Å². The van der Waals surface area contributed by atoms with Crippen LogP contribution in [0.5, 0.6) is 0 Å². The Labute approximate surface area is 193 Å². The molecule has 1 fully saturated rings. The standard InChI is InChI=1S/C15H15N5O7S3.ClH/c1-28-6-4-29-13-9(12(24)20(13)10(6)14(25)26)18-11(23)8(19-27-2-7(21)22)5-3-30-15(16)17-5;/h3,9,13H,2,4H2,1H3,(H2,16,17)(H,18,23)(H,21,22)(H,25,26);1H/b19-8+;/t9?,13-;/m1./s1. The maximum absolute atomic E-state index is 12.7. The lowest BCUT2D eigenvalue weighted by molar-refractivity contribution is -0.150. The summed E-state index contributed by atoms with van der Waals surface area (Å²) in [7, 11) is 0. The van der Waals surface area contributed by atoms with E-state index in [1.54, 1.807) is 6.26 Å². The second kappa shape index (κ2) is 10.2. The highest BCUT2D eigenvalue weighted by molar-refractivity contribution is 8.05. The van der Waals surface area contributed by atoms with Gasteiger partial charge < -0.3 is 26.1 Å². The molecule has 16 heteroatoms. The summed E-state index contributed by atoms with van der Waals surface area (Å²) in [4.78, 5) is 57.8. The number of nitrogen functional groups attached to an aromatic ring is 1. The lowest BCUT2D eigenvalue weighted by atomic mass is 10.0. The van der Waals surface area contributed by atoms with Crippen molar-refractivity contribution in [1.82, 2.24) is 15.2 Å². The number of carboxylic acids is 2. The summed E-state index contributed by atoms with van der Waals surface area (Å²) in [6.07, 6.45) is 1.72. The number of nitrogens with two attached hydrogens (primary N) is 1. The number of anilines is 1. The number of oxime groups is 1. The molecule has 3 rings (SSSR count). The third kappa shape index (κ3) is 5.06. The van der Waals surface area contributed by atoms with Crippen molar-refractivity contribution in [2.75, 3.05) is 24.3 Å². The van der Waals surface area contributed by atoms with Crippen LogP contribution in [0.15, 0.2) is 21.1 Å². The van der Waals surface area contributed by atoms with Crippen LogP contribution in [0, 0.1) is 0 Å². The molecule has 5 N–H and O–H groups in total. The van der Waals surface area contributed by atoms with Gasteiger partial charge in [-0.05, 0) is 6.26 Å². The van der Waals surface area contributed by atoms with Gasteiger partial charge in [0.1, 0.15) is 22.8 Å². The Morgan fingerprint density at radius 1 is 1.45 bits per heavy atom. The topological polar surface area (TPSA) is 185 Å². The molecule has 2 atom stereocenters. The number of halogens is 1. The van der Waals surface area contributed by atoms with E-state index in [2.05, 4.69) is 20.3 Å². The van der Waals surface area contributed by atoms with E-state index in [1.807, 2.05) is 0 Å². The number of hydrogen-bond acceptors (Lipinski definition) is 11. The van der Waals surface area contributed by atoms with Crippen molar-refractivity contribution in [2.24, 2.45) is 5.16 Å². The number of amides is 2. The van der Waals surface area contributed by atoms with Gasteiger partial charge in [-0.25, -0.2) is 14.6 Å². The van der Waals surface area contributed by atoms with Gasteiger partial charge in [-0.15, -0.1) is 47.3 Å². The number of aliphatic carboxylic acids is 2. The quantitative estimate of drug-likeness (QED) is 0.210. The molecular formula is C15H16ClN5O7S3. The normalized spacial score (nSPS) is 20.4. The smallest absolute Gasteiger partial charge is 0.353 e. The summed E-state index contributed by atoms with van der Waals surface area (Å²) in [5, 5.41) is 25.2. The Bertz CT molecular complexity index is 982. The predicted octanol–water partition coefficient (Wildman–Crippen LogP) is 0.0115. The number of thioether (sulfide) groups is 2. The Morgan fingerprint density at radius 3 is 2.71 bits per heavy atom. The molecule has 1 saturated heterocycles. The molecule has 168 valence electrons. The van der Waals surface area contributed by atoms with Gasteiger partial charge in [-0.2, -0.15) is 0 Å². The largest absolute Gasteiger partial charge is 0.479 e. The number of carboxylic acid groups (broad SMARTS) is 2. The highest BCUT2D eigenvalue weighted by atomic mass is 35.5. The lowest BCUT2D eigenvalue weighted by Gasteiger charge is -2.49. The molecule has 0 spiro atoms. The van der Waals surface area contributed by atoms with Gasteiger partial charge in [0.25, 0.3) is 11.8 Å². The zero-order valence-corrected chi connectivity index (χ0v) is 18.9. The van der Waals surface area contributed by atoms with Crippen LogP contribution in [-0.4, -0.2) is 79.6 Å². The van der Waals surface area contributed by atoms with Crippen LogP contribution in [0.25, 0.3) is 0 Å². The number of carbonyl (C=O) groups excluding carboxylic acids is 2. The van der Waals surface area contributed by atoms with E-state index in [0.717, 1.165) is 16.2 Å². The number of nitrogens with zero attached hydrogens (tertiary/aromatic N) is 3. The summed E-state index contributed by atoms with van der Waals surface area (Å²) in [5.41, 5.74) is 5.18. The third-order valence-corrected chi connectivity index (χ3v) is 6.96. The van der Waals surface area contributed by atoms with Crippen LogP contribution in [0.3, 0.4) is 0 Å². The number of carbonyl (C=O) groups is 4. The molecule has 1 aromatic heterocycles. The molecule has 0 aliphatic carbocycles. The zero-order chi connectivity index (χ0) is 22.0. The van der Waals surface area contributed by atoms with Crippen molar-refractivity contribution in [3.8, 4) is 0 Å². The first-order valence-electron chi connectivity index (χ1n) is 8.13. The summed E-state index contributed by atoms with van der Waals surface area (Å²) in [5.74, 6) is -3.54. The zero-order valence-electron chi connectivity index (χ0n) is 15.6. The van der Waals surface area contributed by atoms with Gasteiger partial charge in [-0.1, -0.05) is 5.16 Å². The van der Waals surface area contributed by atoms with E-state index in [0.29, 0.717) is 10.7 Å². The lowest BCUT2D eigenvalue weighted by Crippen LogP contribution is -2.71. The van der Waals surface area contributed by atoms with Crippen molar-refractivity contribution < 1.29 is 34.2 Å². The Balaban J connectivity index is 0.00000341. The summed E-state index contributed by atoms with van der Waals surface area (Å²) in [6.45, 7) is -0.782. The fourth-order valence-electron chi connectivity index (χ4n) is 2.71. The Hall–Kier alpha value is -2.49. The summed E-state index contributed by atoms with van der Waals surface area (Å²) < 4.78 is 0. The molecule has 2 aliphatic rings. The Kier molecular flexibility index (Phi) is 8.16. The molecule has 31 heavy (non-hydrogen) atoms. The van der Waals surface area contributed by atoms with E-state index in [-0.39, 0.29) is 34.6 Å². The van der Waals surface area contributed by atoms with E-state index in [1.165, 1.54) is 28.9 Å². The predicted molar refractivity (Wildman–Crippen MR) is 117 cm³/mol. The first kappa shape index (κ1) is 24.8. The fraction of sp³-hybridized carbons (Fsp3) is 0.333. The molecule has 0 aromatic carbocycles. The number of rotatable bonds is 8. The summed E-state index contributed by atoms with van der Waals surface area (Å²) >= 11 is 3.60. The van der Waals surface area contributed by atoms with Crippen LogP contribution < -0.4 is 11.1 Å². The molecule has 0 saturated carbocycles. The van der Waals surface area contributed by atoms with Crippen LogP contribution in [0.1, 0.15) is 5.69 Å². The number of nitrogens with one attached hydrogen (secondary N) is 1. The molecule has 12 nitrogen and oxygen atoms in total. The first-order chi connectivity index (χ1) is 14.2. The molecule has 0 radical (unpaired) electrons. The molecule has 2 amide bonds. The average molecular weight is 510 g/mol. The minimum Gasteiger partial charge on any atom is -0.479 e. The molecular weight excluding hydrogens is 494 g/mol. The van der Waals surface area contributed by atoms with Gasteiger partial charge in [0, 0.05) is 16.0 Å². The second-order valence-corrected chi connectivity index (χ2v) is 8.72. The van der Waals surface area contributed by atoms with E-state index in [4.69, 9.17) is 10.8 Å². The fourth-order valence-corrected chi connectivity index (χ4v) is 5.51. The van der Waals surface area contributed by atoms with Crippen LogP contribution >= 0.6 is 47.3 Å². The number of thiazole rings is 1. The minimum absolute atomic E-state index is 0. The number of hydrogen-bond donors (Lipinski definition) is 4. The van der Waals surface area contributed by atoms with Gasteiger partial charge in [0.05, 0.1) is 0 Å². The summed E-state index contributed by atoms with van der Waals surface area (Å²) in [6, 6.07) is -0.985. The van der Waals surface area contributed by atoms with Gasteiger partial charge >= 0.3 is 11.9 Å².